The molecule has 3 aliphatic rings. The minimum atomic E-state index is -0.957. The van der Waals surface area contributed by atoms with Crippen molar-refractivity contribution >= 4 is 11.7 Å². The monoisotopic (exact) mass is 417 g/mol. The standard InChI is InChI=1S/C24H35NO5/c1-6-7-16-9-10-22(2)12-15(13-26)8-11-23(22,3)24(16,4)20(29)18-19(28)17(14-27)25(5)21(18)30/h6-7,9-10,15-17,26-27,29H,8,11-14H2,1-5H3/b7-6-,20-18-/t15-,16-,17?,22-,23-,24+/m1/s1. The van der Waals surface area contributed by atoms with Gasteiger partial charge in [0.1, 0.15) is 17.4 Å². The second-order valence-corrected chi connectivity index (χ2v) is 9.86. The zero-order chi connectivity index (χ0) is 22.5. The van der Waals surface area contributed by atoms with E-state index in [-0.39, 0.29) is 35.2 Å². The zero-order valence-corrected chi connectivity index (χ0v) is 18.7. The summed E-state index contributed by atoms with van der Waals surface area (Å²) in [5.74, 6) is -1.25. The van der Waals surface area contributed by atoms with Gasteiger partial charge in [-0.15, -0.1) is 0 Å². The zero-order valence-electron chi connectivity index (χ0n) is 18.7. The molecule has 1 unspecified atom stereocenters. The number of aliphatic hydroxyl groups excluding tert-OH is 3. The summed E-state index contributed by atoms with van der Waals surface area (Å²) in [6.45, 7) is 7.80. The van der Waals surface area contributed by atoms with Crippen molar-refractivity contribution in [3.63, 3.8) is 0 Å². The van der Waals surface area contributed by atoms with Crippen LogP contribution in [0.15, 0.2) is 35.6 Å². The number of ketones is 1. The van der Waals surface area contributed by atoms with E-state index in [2.05, 4.69) is 26.0 Å². The van der Waals surface area contributed by atoms with Crippen LogP contribution in [0.1, 0.15) is 47.0 Å². The smallest absolute Gasteiger partial charge is 0.261 e. The number of likely N-dealkylation sites (tertiary alicyclic amines) is 1. The predicted octanol–water partition coefficient (Wildman–Crippen LogP) is 2.77. The molecular weight excluding hydrogens is 382 g/mol. The Bertz CT molecular complexity index is 829. The molecule has 1 heterocycles. The SMILES string of the molecule is C/C=C\[C@@H]1C=C[C@]2(C)C[C@H](CO)CC[C@@]2(C)[C@]1(C)/C(O)=C1\C(=O)C(CO)N(C)C1=O. The number of hydrogen-bond donors (Lipinski definition) is 3. The lowest BCUT2D eigenvalue weighted by Gasteiger charge is -2.63. The molecule has 2 fully saturated rings. The van der Waals surface area contributed by atoms with Gasteiger partial charge in [0.2, 0.25) is 0 Å². The summed E-state index contributed by atoms with van der Waals surface area (Å²) >= 11 is 0. The highest BCUT2D eigenvalue weighted by Gasteiger charge is 2.64. The molecule has 1 aliphatic heterocycles. The first kappa shape index (κ1) is 22.8. The third kappa shape index (κ3) is 2.83. The number of likely N-dealkylation sites (N-methyl/N-ethyl adjacent to an activating group) is 1. The molecule has 1 saturated heterocycles. The van der Waals surface area contributed by atoms with E-state index < -0.39 is 35.2 Å². The van der Waals surface area contributed by atoms with Crippen LogP contribution in [0.25, 0.3) is 0 Å². The number of carbonyl (C=O) groups is 2. The molecule has 1 saturated carbocycles. The van der Waals surface area contributed by atoms with Gasteiger partial charge < -0.3 is 20.2 Å². The minimum absolute atomic E-state index is 0.127. The number of amides is 1. The van der Waals surface area contributed by atoms with Gasteiger partial charge in [0, 0.05) is 25.0 Å². The van der Waals surface area contributed by atoms with Gasteiger partial charge in [0.15, 0.2) is 5.78 Å². The second kappa shape index (κ2) is 7.65. The fourth-order valence-electron chi connectivity index (χ4n) is 6.17. The molecule has 30 heavy (non-hydrogen) atoms. The lowest BCUT2D eigenvalue weighted by molar-refractivity contribution is -0.127. The molecule has 0 aromatic rings. The summed E-state index contributed by atoms with van der Waals surface area (Å²) in [6, 6.07) is -0.957. The van der Waals surface area contributed by atoms with Crippen molar-refractivity contribution in [2.75, 3.05) is 20.3 Å². The molecule has 3 N–H and O–H groups in total. The third-order valence-electron chi connectivity index (χ3n) is 8.62. The molecule has 2 aliphatic carbocycles. The average molecular weight is 418 g/mol. The van der Waals surface area contributed by atoms with Crippen molar-refractivity contribution in [3.8, 4) is 0 Å². The number of nitrogens with zero attached hydrogens (tertiary/aromatic N) is 1. The van der Waals surface area contributed by atoms with E-state index >= 15 is 0 Å². The Morgan fingerprint density at radius 2 is 1.90 bits per heavy atom. The average Bonchev–Trinajstić information content (AvgIpc) is 2.93. The van der Waals surface area contributed by atoms with Crippen LogP contribution >= 0.6 is 0 Å². The van der Waals surface area contributed by atoms with Gasteiger partial charge in [-0.1, -0.05) is 45.1 Å². The van der Waals surface area contributed by atoms with E-state index in [1.54, 1.807) is 0 Å². The topological polar surface area (TPSA) is 98.1 Å². The summed E-state index contributed by atoms with van der Waals surface area (Å²) in [5, 5.41) is 31.0. The molecule has 166 valence electrons. The van der Waals surface area contributed by atoms with Crippen LogP contribution in [0.5, 0.6) is 0 Å². The highest BCUT2D eigenvalue weighted by Crippen LogP contribution is 2.68. The summed E-state index contributed by atoms with van der Waals surface area (Å²) in [5.41, 5.74) is -1.85. The molecular formula is C24H35NO5. The largest absolute Gasteiger partial charge is 0.511 e. The summed E-state index contributed by atoms with van der Waals surface area (Å²) in [6.07, 6.45) is 10.5. The first-order chi connectivity index (χ1) is 14.0. The van der Waals surface area contributed by atoms with Gasteiger partial charge in [-0.3, -0.25) is 9.59 Å². The van der Waals surface area contributed by atoms with Crippen molar-refractivity contribution in [1.82, 2.24) is 4.90 Å². The molecule has 0 spiro atoms. The van der Waals surface area contributed by atoms with E-state index in [0.29, 0.717) is 0 Å². The Hall–Kier alpha value is -1.92. The molecule has 0 aromatic carbocycles. The van der Waals surface area contributed by atoms with Gasteiger partial charge in [-0.25, -0.2) is 0 Å². The van der Waals surface area contributed by atoms with Crippen molar-refractivity contribution in [3.05, 3.63) is 35.6 Å². The first-order valence-electron chi connectivity index (χ1n) is 10.8. The van der Waals surface area contributed by atoms with Crippen LogP contribution in [0, 0.1) is 28.1 Å². The van der Waals surface area contributed by atoms with Crippen molar-refractivity contribution in [2.24, 2.45) is 28.1 Å². The van der Waals surface area contributed by atoms with Crippen molar-refractivity contribution in [1.29, 1.82) is 0 Å². The van der Waals surface area contributed by atoms with Crippen LogP contribution in [-0.4, -0.2) is 58.2 Å². The summed E-state index contributed by atoms with van der Waals surface area (Å²) in [7, 11) is 1.48. The van der Waals surface area contributed by atoms with E-state index in [9.17, 15) is 24.9 Å². The van der Waals surface area contributed by atoms with Gasteiger partial charge in [-0.2, -0.15) is 0 Å². The molecule has 1 amide bonds. The number of fused-ring (bicyclic) bond motifs is 1. The van der Waals surface area contributed by atoms with Crippen LogP contribution in [0.4, 0.5) is 0 Å². The predicted molar refractivity (Wildman–Crippen MR) is 114 cm³/mol. The lowest BCUT2D eigenvalue weighted by Crippen LogP contribution is -2.58. The van der Waals surface area contributed by atoms with Crippen LogP contribution in [-0.2, 0) is 9.59 Å². The van der Waals surface area contributed by atoms with E-state index in [0.717, 1.165) is 19.3 Å². The second-order valence-electron chi connectivity index (χ2n) is 9.86. The van der Waals surface area contributed by atoms with E-state index in [1.165, 1.54) is 11.9 Å². The lowest BCUT2D eigenvalue weighted by atomic mass is 9.40. The van der Waals surface area contributed by atoms with Gasteiger partial charge in [0.25, 0.3) is 5.91 Å². The Kier molecular flexibility index (Phi) is 5.80. The van der Waals surface area contributed by atoms with Gasteiger partial charge >= 0.3 is 0 Å². The summed E-state index contributed by atoms with van der Waals surface area (Å²) < 4.78 is 0. The van der Waals surface area contributed by atoms with E-state index in [4.69, 9.17) is 0 Å². The fourth-order valence-corrected chi connectivity index (χ4v) is 6.17. The molecule has 0 aromatic heterocycles. The van der Waals surface area contributed by atoms with Crippen molar-refractivity contribution in [2.45, 2.75) is 53.0 Å². The quantitative estimate of drug-likeness (QED) is 0.283. The first-order valence-corrected chi connectivity index (χ1v) is 10.8. The maximum Gasteiger partial charge on any atom is 0.261 e. The van der Waals surface area contributed by atoms with Gasteiger partial charge in [0.05, 0.1) is 6.61 Å². The normalized spacial score (nSPS) is 43.4. The maximum atomic E-state index is 13.0. The minimum Gasteiger partial charge on any atom is -0.511 e. The Morgan fingerprint density at radius 1 is 1.23 bits per heavy atom. The highest BCUT2D eigenvalue weighted by atomic mass is 16.3. The number of rotatable bonds is 4. The Labute approximate surface area is 179 Å². The van der Waals surface area contributed by atoms with Crippen LogP contribution in [0.2, 0.25) is 0 Å². The molecule has 0 radical (unpaired) electrons. The molecule has 6 heteroatoms. The molecule has 0 bridgehead atoms. The van der Waals surface area contributed by atoms with E-state index in [1.807, 2.05) is 26.0 Å². The molecule has 3 rings (SSSR count). The number of allylic oxidation sites excluding steroid dienone is 5. The number of Topliss-reactive ketones (excluding diaryl/α,β-unsaturated/α-hetero) is 1. The third-order valence-corrected chi connectivity index (χ3v) is 8.62. The highest BCUT2D eigenvalue weighted by molar-refractivity contribution is 6.26. The maximum absolute atomic E-state index is 13.0. The van der Waals surface area contributed by atoms with Crippen molar-refractivity contribution < 1.29 is 24.9 Å². The molecule has 6 nitrogen and oxygen atoms in total. The number of aliphatic hydroxyl groups is 3. The fraction of sp³-hybridized carbons (Fsp3) is 0.667. The number of carbonyl (C=O) groups excluding carboxylic acids is 2. The Balaban J connectivity index is 2.25. The number of hydrogen-bond acceptors (Lipinski definition) is 5. The Morgan fingerprint density at radius 3 is 2.43 bits per heavy atom. The molecule has 6 atom stereocenters. The van der Waals surface area contributed by atoms with Crippen LogP contribution < -0.4 is 0 Å². The summed E-state index contributed by atoms with van der Waals surface area (Å²) in [4.78, 5) is 27.1. The van der Waals surface area contributed by atoms with Gasteiger partial charge in [-0.05, 0) is 42.9 Å². The van der Waals surface area contributed by atoms with Crippen LogP contribution in [0.3, 0.4) is 0 Å².